The average molecular weight is 250 g/mol. The lowest BCUT2D eigenvalue weighted by Crippen LogP contribution is -2.23. The van der Waals surface area contributed by atoms with E-state index in [4.69, 9.17) is 0 Å². The molecule has 0 aromatic carbocycles. The monoisotopic (exact) mass is 250 g/mol. The lowest BCUT2D eigenvalue weighted by molar-refractivity contribution is 0.390. The Hall–Kier alpha value is -1.29. The number of nitrogens with zero attached hydrogens (tertiary/aromatic N) is 2. The van der Waals surface area contributed by atoms with Gasteiger partial charge in [-0.3, -0.25) is 0 Å². The first-order chi connectivity index (χ1) is 8.61. The zero-order valence-corrected chi connectivity index (χ0v) is 12.0. The minimum absolute atomic E-state index is 0.467. The van der Waals surface area contributed by atoms with Crippen LogP contribution in [0.1, 0.15) is 26.7 Å². The van der Waals surface area contributed by atoms with Crippen molar-refractivity contribution < 1.29 is 0 Å². The number of hydrogen-bond acceptors (Lipinski definition) is 4. The number of nitrogens with one attached hydrogen (secondary N) is 2. The van der Waals surface area contributed by atoms with Crippen LogP contribution >= 0.6 is 0 Å². The van der Waals surface area contributed by atoms with E-state index in [1.54, 1.807) is 0 Å². The predicted octanol–water partition coefficient (Wildman–Crippen LogP) is 2.66. The molecule has 0 radical (unpaired) electrons. The van der Waals surface area contributed by atoms with Gasteiger partial charge in [-0.2, -0.15) is 0 Å². The van der Waals surface area contributed by atoms with Gasteiger partial charge < -0.3 is 15.5 Å². The Labute approximate surface area is 111 Å². The zero-order valence-electron chi connectivity index (χ0n) is 12.0. The van der Waals surface area contributed by atoms with Crippen molar-refractivity contribution in [2.45, 2.75) is 32.7 Å². The molecular weight excluding hydrogens is 224 g/mol. The molecule has 1 unspecified atom stereocenters. The summed E-state index contributed by atoms with van der Waals surface area (Å²) in [6.45, 7) is 6.42. The molecule has 1 heterocycles. The Morgan fingerprint density at radius 1 is 1.39 bits per heavy atom. The molecular formula is C14H26N4. The fraction of sp³-hybridized carbons (Fsp3) is 0.643. The first-order valence-electron chi connectivity index (χ1n) is 6.73. The van der Waals surface area contributed by atoms with Gasteiger partial charge in [0.05, 0.1) is 0 Å². The Bertz CT molecular complexity index is 338. The number of anilines is 2. The fourth-order valence-electron chi connectivity index (χ4n) is 1.68. The van der Waals surface area contributed by atoms with Gasteiger partial charge in [-0.05, 0) is 46.5 Å². The van der Waals surface area contributed by atoms with E-state index >= 15 is 0 Å². The first-order valence-corrected chi connectivity index (χ1v) is 6.73. The molecule has 0 spiro atoms. The first kappa shape index (κ1) is 14.8. The van der Waals surface area contributed by atoms with Crippen molar-refractivity contribution >= 4 is 11.5 Å². The minimum atomic E-state index is 0.467. The molecule has 1 atom stereocenters. The van der Waals surface area contributed by atoms with E-state index in [9.17, 15) is 0 Å². The molecule has 0 bridgehead atoms. The molecule has 0 amide bonds. The van der Waals surface area contributed by atoms with E-state index in [1.165, 1.54) is 0 Å². The number of pyridine rings is 1. The van der Waals surface area contributed by atoms with Crippen LogP contribution in [0.15, 0.2) is 18.3 Å². The summed E-state index contributed by atoms with van der Waals surface area (Å²) < 4.78 is 0. The van der Waals surface area contributed by atoms with Crippen molar-refractivity contribution in [2.75, 3.05) is 37.8 Å². The Morgan fingerprint density at radius 2 is 2.17 bits per heavy atom. The van der Waals surface area contributed by atoms with Crippen molar-refractivity contribution in [2.24, 2.45) is 0 Å². The van der Waals surface area contributed by atoms with Gasteiger partial charge in [-0.25, -0.2) is 4.98 Å². The van der Waals surface area contributed by atoms with Crippen LogP contribution in [0.3, 0.4) is 0 Å². The van der Waals surface area contributed by atoms with Crippen molar-refractivity contribution in [3.8, 4) is 0 Å². The topological polar surface area (TPSA) is 40.2 Å². The van der Waals surface area contributed by atoms with Gasteiger partial charge in [0, 0.05) is 30.5 Å². The largest absolute Gasteiger partial charge is 0.382 e. The Balaban J connectivity index is 2.45. The molecule has 18 heavy (non-hydrogen) atoms. The minimum Gasteiger partial charge on any atom is -0.382 e. The second-order valence-corrected chi connectivity index (χ2v) is 4.99. The van der Waals surface area contributed by atoms with Gasteiger partial charge in [0.1, 0.15) is 5.82 Å². The number of aromatic nitrogens is 1. The Morgan fingerprint density at radius 3 is 2.83 bits per heavy atom. The van der Waals surface area contributed by atoms with E-state index in [2.05, 4.69) is 54.5 Å². The van der Waals surface area contributed by atoms with Gasteiger partial charge in [0.25, 0.3) is 0 Å². The summed E-state index contributed by atoms with van der Waals surface area (Å²) in [7, 11) is 4.21. The number of rotatable bonds is 8. The smallest absolute Gasteiger partial charge is 0.127 e. The van der Waals surface area contributed by atoms with Crippen molar-refractivity contribution in [1.82, 2.24) is 9.88 Å². The maximum absolute atomic E-state index is 4.30. The van der Waals surface area contributed by atoms with Crippen LogP contribution in [0.5, 0.6) is 0 Å². The van der Waals surface area contributed by atoms with Crippen molar-refractivity contribution in [3.63, 3.8) is 0 Å². The quantitative estimate of drug-likeness (QED) is 0.744. The molecule has 0 saturated heterocycles. The molecule has 1 aromatic heterocycles. The van der Waals surface area contributed by atoms with Crippen LogP contribution in [-0.2, 0) is 0 Å². The molecule has 0 fully saturated rings. The standard InChI is InChI=1S/C14H26N4/c1-5-8-15-14-11-13(6-9-16-14)17-12(2)7-10-18(3)4/h6,9,11-12H,5,7-8,10H2,1-4H3,(H2,15,16,17). The van der Waals surface area contributed by atoms with Gasteiger partial charge in [-0.15, -0.1) is 0 Å². The molecule has 0 aliphatic rings. The van der Waals surface area contributed by atoms with Crippen molar-refractivity contribution in [3.05, 3.63) is 18.3 Å². The molecule has 102 valence electrons. The highest BCUT2D eigenvalue weighted by molar-refractivity contribution is 5.52. The van der Waals surface area contributed by atoms with Gasteiger partial charge in [0.2, 0.25) is 0 Å². The molecule has 1 rings (SSSR count). The third kappa shape index (κ3) is 5.87. The second kappa shape index (κ2) is 7.93. The van der Waals surface area contributed by atoms with Crippen LogP contribution in [0.2, 0.25) is 0 Å². The van der Waals surface area contributed by atoms with Crippen LogP contribution < -0.4 is 10.6 Å². The number of hydrogen-bond donors (Lipinski definition) is 2. The van der Waals surface area contributed by atoms with E-state index in [-0.39, 0.29) is 0 Å². The highest BCUT2D eigenvalue weighted by atomic mass is 15.1. The van der Waals surface area contributed by atoms with E-state index in [1.807, 2.05) is 12.3 Å². The highest BCUT2D eigenvalue weighted by Gasteiger charge is 2.03. The highest BCUT2D eigenvalue weighted by Crippen LogP contribution is 2.13. The van der Waals surface area contributed by atoms with Crippen molar-refractivity contribution in [1.29, 1.82) is 0 Å². The van der Waals surface area contributed by atoms with Crippen LogP contribution in [-0.4, -0.2) is 43.1 Å². The Kier molecular flexibility index (Phi) is 6.50. The normalized spacial score (nSPS) is 12.5. The van der Waals surface area contributed by atoms with Crippen LogP contribution in [0, 0.1) is 0 Å². The van der Waals surface area contributed by atoms with Gasteiger partial charge in [0.15, 0.2) is 0 Å². The van der Waals surface area contributed by atoms with E-state index < -0.39 is 0 Å². The molecule has 0 aliphatic heterocycles. The molecule has 0 aliphatic carbocycles. The SMILES string of the molecule is CCCNc1cc(NC(C)CCN(C)C)ccn1. The third-order valence-electron chi connectivity index (χ3n) is 2.74. The van der Waals surface area contributed by atoms with E-state index in [0.29, 0.717) is 6.04 Å². The average Bonchev–Trinajstić information content (AvgIpc) is 2.34. The van der Waals surface area contributed by atoms with Gasteiger partial charge in [-0.1, -0.05) is 6.92 Å². The maximum Gasteiger partial charge on any atom is 0.127 e. The van der Waals surface area contributed by atoms with Gasteiger partial charge >= 0.3 is 0 Å². The third-order valence-corrected chi connectivity index (χ3v) is 2.74. The lowest BCUT2D eigenvalue weighted by Gasteiger charge is -2.18. The molecule has 1 aromatic rings. The van der Waals surface area contributed by atoms with Crippen LogP contribution in [0.25, 0.3) is 0 Å². The summed E-state index contributed by atoms with van der Waals surface area (Å²) in [5, 5.41) is 6.81. The van der Waals surface area contributed by atoms with E-state index in [0.717, 1.165) is 37.4 Å². The molecule has 2 N–H and O–H groups in total. The summed E-state index contributed by atoms with van der Waals surface area (Å²) in [4.78, 5) is 6.51. The maximum atomic E-state index is 4.30. The summed E-state index contributed by atoms with van der Waals surface area (Å²) in [6.07, 6.45) is 4.09. The second-order valence-electron chi connectivity index (χ2n) is 4.99. The molecule has 4 heteroatoms. The molecule has 4 nitrogen and oxygen atoms in total. The summed E-state index contributed by atoms with van der Waals surface area (Å²) >= 11 is 0. The summed E-state index contributed by atoms with van der Waals surface area (Å²) in [6, 6.07) is 4.55. The molecule has 0 saturated carbocycles. The summed E-state index contributed by atoms with van der Waals surface area (Å²) in [5.74, 6) is 0.946. The fourth-order valence-corrected chi connectivity index (χ4v) is 1.68. The van der Waals surface area contributed by atoms with Crippen LogP contribution in [0.4, 0.5) is 11.5 Å². The predicted molar refractivity (Wildman–Crippen MR) is 79.3 cm³/mol. The lowest BCUT2D eigenvalue weighted by atomic mass is 10.2. The summed E-state index contributed by atoms with van der Waals surface area (Å²) in [5.41, 5.74) is 1.13. The zero-order chi connectivity index (χ0) is 13.4.